The lowest BCUT2D eigenvalue weighted by atomic mass is 9.12. The standard InChI is InChI=1S/C32H12BF24.C17H15FNO/c34-25(35,36)13-1-14(26(37,38)39)6-21(5-13)33(22-7-15(27(40,41)42)2-16(8-22)28(43,44)45,23-9-17(29(46,47)48)3-18(10-23)30(49,50)51)24-11-19(31(52,53)54)4-20(12-24)32(55,56)57;18-13-20-17-11-10-15-8-4-5-9-16(15)19(17)12-14-6-2-1-3-7-14/h1-12H;1-11H,12-13H2/q-1;+1. The van der Waals surface area contributed by atoms with Crippen LogP contribution in [0.4, 0.5) is 110 Å². The van der Waals surface area contributed by atoms with E-state index < -0.39 is 202 Å². The predicted molar refractivity (Wildman–Crippen MR) is 226 cm³/mol. The van der Waals surface area contributed by atoms with E-state index in [-0.39, 0.29) is 0 Å². The van der Waals surface area contributed by atoms with E-state index in [0.29, 0.717) is 12.4 Å². The van der Waals surface area contributed by atoms with Crippen LogP contribution < -0.4 is 31.2 Å². The molecule has 0 aliphatic heterocycles. The van der Waals surface area contributed by atoms with Crippen LogP contribution in [0.2, 0.25) is 0 Å². The van der Waals surface area contributed by atoms with Gasteiger partial charge < -0.3 is 4.74 Å². The highest BCUT2D eigenvalue weighted by Crippen LogP contribution is 2.41. The van der Waals surface area contributed by atoms with Crippen molar-refractivity contribution in [2.24, 2.45) is 0 Å². The van der Waals surface area contributed by atoms with Crippen LogP contribution in [-0.4, -0.2) is 13.0 Å². The third-order valence-corrected chi connectivity index (χ3v) is 11.7. The van der Waals surface area contributed by atoms with Crippen LogP contribution in [0.3, 0.4) is 0 Å². The third-order valence-electron chi connectivity index (χ3n) is 11.7. The first-order chi connectivity index (χ1) is 35.1. The van der Waals surface area contributed by atoms with E-state index in [9.17, 15) is 110 Å². The van der Waals surface area contributed by atoms with Crippen molar-refractivity contribution in [2.45, 2.75) is 56.0 Å². The van der Waals surface area contributed by atoms with Crippen molar-refractivity contribution in [3.8, 4) is 5.88 Å². The Balaban J connectivity index is 0.000000397. The number of para-hydroxylation sites is 1. The average molecular weight is 1130 g/mol. The van der Waals surface area contributed by atoms with Crippen molar-refractivity contribution < 1.29 is 119 Å². The van der Waals surface area contributed by atoms with Crippen LogP contribution in [0.1, 0.15) is 50.1 Å². The first kappa shape index (κ1) is 59.1. The Morgan fingerprint density at radius 2 is 0.597 bits per heavy atom. The molecule has 0 radical (unpaired) electrons. The molecule has 0 fully saturated rings. The quantitative estimate of drug-likeness (QED) is 0.0840. The van der Waals surface area contributed by atoms with Crippen molar-refractivity contribution in [3.05, 3.63) is 190 Å². The summed E-state index contributed by atoms with van der Waals surface area (Å²) in [4.78, 5) is 0. The van der Waals surface area contributed by atoms with Gasteiger partial charge in [0.05, 0.1) is 50.6 Å². The molecule has 0 aliphatic carbocycles. The van der Waals surface area contributed by atoms with Gasteiger partial charge in [-0.1, -0.05) is 91.0 Å². The minimum Gasteiger partial charge on any atom is -0.412 e. The second kappa shape index (κ2) is 20.7. The molecule has 0 N–H and O–H groups in total. The fraction of sp³-hybridized carbons (Fsp3) is 0.204. The fourth-order valence-electron chi connectivity index (χ4n) is 8.43. The Morgan fingerprint density at radius 3 is 0.870 bits per heavy atom. The smallest absolute Gasteiger partial charge is 0.412 e. The Bertz CT molecular complexity index is 2800. The lowest BCUT2D eigenvalue weighted by Crippen LogP contribution is -2.75. The molecule has 0 atom stereocenters. The van der Waals surface area contributed by atoms with E-state index in [1.165, 1.54) is 0 Å². The third kappa shape index (κ3) is 13.3. The second-order valence-electron chi connectivity index (χ2n) is 16.8. The maximum atomic E-state index is 14.2. The van der Waals surface area contributed by atoms with Crippen LogP contribution in [-0.2, 0) is 56.0 Å². The lowest BCUT2D eigenvalue weighted by Gasteiger charge is -2.46. The number of alkyl halides is 25. The molecule has 7 aromatic rings. The molecule has 28 heteroatoms. The van der Waals surface area contributed by atoms with E-state index >= 15 is 0 Å². The Hall–Kier alpha value is -7.16. The van der Waals surface area contributed by atoms with Gasteiger partial charge in [-0.2, -0.15) is 132 Å². The van der Waals surface area contributed by atoms with Crippen LogP contribution in [0.15, 0.2) is 140 Å². The van der Waals surface area contributed by atoms with Gasteiger partial charge in [0.15, 0.2) is 6.54 Å². The molecule has 0 aliphatic rings. The molecule has 0 amide bonds. The molecule has 0 saturated carbocycles. The van der Waals surface area contributed by atoms with E-state index in [2.05, 4.69) is 0 Å². The number of aromatic nitrogens is 1. The maximum Gasteiger partial charge on any atom is 0.416 e. The number of halogens is 25. The molecule has 0 spiro atoms. The summed E-state index contributed by atoms with van der Waals surface area (Å²) in [5.41, 5.74) is -28.0. The molecule has 2 nitrogen and oxygen atoms in total. The predicted octanol–water partition coefficient (Wildman–Crippen LogP) is 14.7. The molecule has 0 unspecified atom stereocenters. The van der Waals surface area contributed by atoms with Crippen LogP contribution in [0.25, 0.3) is 10.9 Å². The second-order valence-corrected chi connectivity index (χ2v) is 16.8. The Labute approximate surface area is 415 Å². The zero-order valence-corrected chi connectivity index (χ0v) is 37.6. The first-order valence-electron chi connectivity index (χ1n) is 21.1. The number of benzene rings is 6. The number of ether oxygens (including phenoxy) is 1. The number of fused-ring (bicyclic) bond motifs is 1. The van der Waals surface area contributed by atoms with Gasteiger partial charge in [0.1, 0.15) is 6.15 Å². The van der Waals surface area contributed by atoms with Crippen LogP contribution >= 0.6 is 0 Å². The van der Waals surface area contributed by atoms with Gasteiger partial charge >= 0.3 is 55.3 Å². The van der Waals surface area contributed by atoms with E-state index in [1.807, 2.05) is 71.3 Å². The van der Waals surface area contributed by atoms with Crippen molar-refractivity contribution >= 4 is 38.9 Å². The van der Waals surface area contributed by atoms with Gasteiger partial charge in [0.25, 0.3) is 0 Å². The summed E-state index contributed by atoms with van der Waals surface area (Å²) in [6.45, 7) is -0.176. The summed E-state index contributed by atoms with van der Waals surface area (Å²) >= 11 is 0. The van der Waals surface area contributed by atoms with Crippen molar-refractivity contribution in [2.75, 3.05) is 6.86 Å². The van der Waals surface area contributed by atoms with E-state index in [4.69, 9.17) is 4.74 Å². The molecule has 7 rings (SSSR count). The fourth-order valence-corrected chi connectivity index (χ4v) is 8.43. The summed E-state index contributed by atoms with van der Waals surface area (Å²) in [6, 6.07) is 13.0. The largest absolute Gasteiger partial charge is 0.416 e. The van der Waals surface area contributed by atoms with Gasteiger partial charge in [0.2, 0.25) is 12.4 Å². The minimum absolute atomic E-state index is 0.537. The van der Waals surface area contributed by atoms with Gasteiger partial charge in [-0.15, -0.1) is 0 Å². The highest BCUT2D eigenvalue weighted by atomic mass is 19.4. The lowest BCUT2D eigenvalue weighted by molar-refractivity contribution is -0.668. The summed E-state index contributed by atoms with van der Waals surface area (Å²) in [5, 5.41) is 1.11. The molecular formula is C49H27BF25NO. The minimum atomic E-state index is -6.13. The topological polar surface area (TPSA) is 13.1 Å². The van der Waals surface area contributed by atoms with Crippen LogP contribution in [0.5, 0.6) is 5.88 Å². The maximum absolute atomic E-state index is 14.2. The first-order valence-corrected chi connectivity index (χ1v) is 21.1. The van der Waals surface area contributed by atoms with E-state index in [0.717, 1.165) is 16.5 Å². The summed E-state index contributed by atoms with van der Waals surface area (Å²) in [7, 11) is 0. The zero-order chi connectivity index (χ0) is 57.7. The SMILES string of the molecule is FC(F)(F)c1cc([B-](c2cc(C(F)(F)F)cc(C(F)(F)F)c2)(c2cc(C(F)(F)F)cc(C(F)(F)F)c2)c2cc(C(F)(F)F)cc(C(F)(F)F)c2)cc(C(F)(F)F)c1.FCOc1ccc2ccccc2[n+]1Cc1ccccc1. The number of pyridine rings is 1. The molecule has 1 aromatic heterocycles. The Kier molecular flexibility index (Phi) is 15.9. The Morgan fingerprint density at radius 1 is 0.325 bits per heavy atom. The number of hydrogen-bond acceptors (Lipinski definition) is 1. The molecule has 6 aromatic carbocycles. The molecule has 1 heterocycles. The van der Waals surface area contributed by atoms with Crippen molar-refractivity contribution in [1.82, 2.24) is 0 Å². The molecule has 77 heavy (non-hydrogen) atoms. The monoisotopic (exact) mass is 1130 g/mol. The highest BCUT2D eigenvalue weighted by molar-refractivity contribution is 7.20. The average Bonchev–Trinajstić information content (AvgIpc) is 3.30. The summed E-state index contributed by atoms with van der Waals surface area (Å²) < 4.78 is 360. The summed E-state index contributed by atoms with van der Waals surface area (Å²) in [5.74, 6) is 0.537. The molecule has 0 saturated heterocycles. The van der Waals surface area contributed by atoms with Gasteiger partial charge in [0, 0.05) is 17.0 Å². The van der Waals surface area contributed by atoms with Crippen molar-refractivity contribution in [1.29, 1.82) is 0 Å². The highest BCUT2D eigenvalue weighted by Gasteiger charge is 2.47. The normalized spacial score (nSPS) is 13.4. The van der Waals surface area contributed by atoms with E-state index in [1.54, 1.807) is 0 Å². The van der Waals surface area contributed by atoms with Gasteiger partial charge in [-0.3, -0.25) is 0 Å². The number of hydrogen-bond donors (Lipinski definition) is 0. The van der Waals surface area contributed by atoms with Gasteiger partial charge in [-0.25, -0.2) is 4.39 Å². The number of nitrogens with zero attached hydrogens (tertiary/aromatic N) is 1. The summed E-state index contributed by atoms with van der Waals surface area (Å²) in [6.07, 6.45) is -54.8. The van der Waals surface area contributed by atoms with Gasteiger partial charge in [-0.05, 0) is 36.4 Å². The number of rotatable bonds is 8. The molecule has 0 bridgehead atoms. The van der Waals surface area contributed by atoms with Crippen LogP contribution in [0, 0.1) is 0 Å². The zero-order valence-electron chi connectivity index (χ0n) is 37.6. The molecule has 412 valence electrons. The van der Waals surface area contributed by atoms with Crippen molar-refractivity contribution in [3.63, 3.8) is 0 Å². The molecular weight excluding hydrogens is 1100 g/mol.